The molecule has 2 atom stereocenters. The van der Waals surface area contributed by atoms with Crippen LogP contribution < -0.4 is 9.47 Å². The summed E-state index contributed by atoms with van der Waals surface area (Å²) in [7, 11) is 0. The van der Waals surface area contributed by atoms with E-state index in [0.717, 1.165) is 24.0 Å². The van der Waals surface area contributed by atoms with Crippen molar-refractivity contribution in [2.75, 3.05) is 19.8 Å². The number of rotatable bonds is 9. The number of piperidine rings is 1. The fourth-order valence-corrected chi connectivity index (χ4v) is 6.89. The Labute approximate surface area is 222 Å². The van der Waals surface area contributed by atoms with E-state index >= 15 is 0 Å². The highest BCUT2D eigenvalue weighted by Crippen LogP contribution is 2.39. The summed E-state index contributed by atoms with van der Waals surface area (Å²) in [6.07, 6.45) is 11.6. The molecule has 0 N–H and O–H groups in total. The van der Waals surface area contributed by atoms with Gasteiger partial charge in [-0.2, -0.15) is 0 Å². The maximum absolute atomic E-state index is 5.98. The van der Waals surface area contributed by atoms with Crippen LogP contribution in [0.1, 0.15) is 73.1 Å². The summed E-state index contributed by atoms with van der Waals surface area (Å²) in [6.45, 7) is 3.62. The zero-order valence-electron chi connectivity index (χ0n) is 22.1. The summed E-state index contributed by atoms with van der Waals surface area (Å²) in [6, 6.07) is 27.5. The molecule has 3 aromatic rings. The van der Waals surface area contributed by atoms with Gasteiger partial charge in [-0.3, -0.25) is 4.90 Å². The lowest BCUT2D eigenvalue weighted by Gasteiger charge is -2.37. The molecular weight excluding hydrogens is 454 g/mol. The summed E-state index contributed by atoms with van der Waals surface area (Å²) in [5.74, 6) is 3.19. The van der Waals surface area contributed by atoms with Gasteiger partial charge in [0.05, 0.1) is 0 Å². The molecule has 2 heterocycles. The lowest BCUT2D eigenvalue weighted by Crippen LogP contribution is -2.39. The number of hydrogen-bond donors (Lipinski definition) is 0. The number of likely N-dealkylation sites (tertiary alicyclic amines) is 1. The highest BCUT2D eigenvalue weighted by Gasteiger charge is 2.27. The third-order valence-electron chi connectivity index (χ3n) is 8.92. The molecule has 6 rings (SSSR count). The molecule has 3 aliphatic rings. The van der Waals surface area contributed by atoms with Gasteiger partial charge >= 0.3 is 0 Å². The van der Waals surface area contributed by atoms with Crippen LogP contribution in [0.5, 0.6) is 11.5 Å². The standard InChI is InChI=1S/C34H41NO2/c1-2-8-26(9-3-1)25-35-19-7-6-12-32(35)17-15-28(31-16-18-33-34(24-31)37-21-20-36-33)14-13-27-22-29-10-4-5-11-30(29)23-27/h1-5,8-11,16,18,24,27-28,32H,6-7,12-15,17,19-23,25H2. The van der Waals surface area contributed by atoms with Crippen LogP contribution in [-0.2, 0) is 19.4 Å². The van der Waals surface area contributed by atoms with E-state index in [4.69, 9.17) is 9.47 Å². The minimum absolute atomic E-state index is 0.569. The van der Waals surface area contributed by atoms with Crippen LogP contribution >= 0.6 is 0 Å². The van der Waals surface area contributed by atoms with E-state index < -0.39 is 0 Å². The van der Waals surface area contributed by atoms with Crippen LogP contribution in [-0.4, -0.2) is 30.7 Å². The first-order valence-corrected chi connectivity index (χ1v) is 14.6. The number of nitrogens with zero attached hydrogens (tertiary/aromatic N) is 1. The van der Waals surface area contributed by atoms with E-state index in [2.05, 4.69) is 77.7 Å². The maximum Gasteiger partial charge on any atom is 0.161 e. The van der Waals surface area contributed by atoms with Gasteiger partial charge in [-0.05, 0) is 104 Å². The first-order valence-electron chi connectivity index (χ1n) is 14.6. The quantitative estimate of drug-likeness (QED) is 0.305. The Hall–Kier alpha value is -2.78. The molecule has 0 radical (unpaired) electrons. The molecule has 3 aromatic carbocycles. The van der Waals surface area contributed by atoms with Gasteiger partial charge < -0.3 is 9.47 Å². The van der Waals surface area contributed by atoms with Crippen LogP contribution in [0.2, 0.25) is 0 Å². The second kappa shape index (κ2) is 11.7. The molecule has 0 bridgehead atoms. The molecule has 0 saturated carbocycles. The van der Waals surface area contributed by atoms with Crippen molar-refractivity contribution in [3.05, 3.63) is 95.1 Å². The minimum Gasteiger partial charge on any atom is -0.486 e. The fraction of sp³-hybridized carbons (Fsp3) is 0.471. The number of hydrogen-bond acceptors (Lipinski definition) is 3. The normalized spacial score (nSPS) is 20.5. The second-order valence-corrected chi connectivity index (χ2v) is 11.4. The molecule has 3 heteroatoms. The molecule has 37 heavy (non-hydrogen) atoms. The summed E-state index contributed by atoms with van der Waals surface area (Å²) in [4.78, 5) is 2.76. The highest BCUT2D eigenvalue weighted by molar-refractivity contribution is 5.45. The molecule has 3 nitrogen and oxygen atoms in total. The summed E-state index contributed by atoms with van der Waals surface area (Å²) < 4.78 is 11.8. The Morgan fingerprint density at radius 1 is 0.757 bits per heavy atom. The predicted molar refractivity (Wildman–Crippen MR) is 150 cm³/mol. The van der Waals surface area contributed by atoms with E-state index in [-0.39, 0.29) is 0 Å². The Morgan fingerprint density at radius 3 is 2.30 bits per heavy atom. The molecule has 0 amide bonds. The van der Waals surface area contributed by atoms with Crippen molar-refractivity contribution in [2.24, 2.45) is 5.92 Å². The zero-order chi connectivity index (χ0) is 24.9. The predicted octanol–water partition coefficient (Wildman–Crippen LogP) is 7.57. The van der Waals surface area contributed by atoms with Gasteiger partial charge in [-0.15, -0.1) is 0 Å². The number of benzene rings is 3. The van der Waals surface area contributed by atoms with Crippen molar-refractivity contribution < 1.29 is 9.47 Å². The molecule has 1 saturated heterocycles. The first-order chi connectivity index (χ1) is 18.3. The van der Waals surface area contributed by atoms with E-state index in [1.807, 2.05) is 0 Å². The fourth-order valence-electron chi connectivity index (χ4n) is 6.89. The van der Waals surface area contributed by atoms with E-state index in [9.17, 15) is 0 Å². The largest absolute Gasteiger partial charge is 0.486 e. The Morgan fingerprint density at radius 2 is 1.49 bits per heavy atom. The average Bonchev–Trinajstić information content (AvgIpc) is 3.37. The molecule has 2 aliphatic heterocycles. The van der Waals surface area contributed by atoms with Crippen LogP contribution in [0.25, 0.3) is 0 Å². The number of fused-ring (bicyclic) bond motifs is 2. The average molecular weight is 496 g/mol. The van der Waals surface area contributed by atoms with Crippen LogP contribution in [0, 0.1) is 5.92 Å². The lowest BCUT2D eigenvalue weighted by molar-refractivity contribution is 0.128. The molecule has 2 unspecified atom stereocenters. The molecule has 1 fully saturated rings. The van der Waals surface area contributed by atoms with Crippen molar-refractivity contribution in [1.82, 2.24) is 4.90 Å². The van der Waals surface area contributed by atoms with Crippen LogP contribution in [0.15, 0.2) is 72.8 Å². The first kappa shape index (κ1) is 24.6. The Bertz CT molecular complexity index is 1130. The van der Waals surface area contributed by atoms with E-state index in [1.54, 1.807) is 11.1 Å². The zero-order valence-corrected chi connectivity index (χ0v) is 22.1. The smallest absolute Gasteiger partial charge is 0.161 e. The molecule has 0 spiro atoms. The molecular formula is C34H41NO2. The minimum atomic E-state index is 0.569. The summed E-state index contributed by atoms with van der Waals surface area (Å²) in [5.41, 5.74) is 6.02. The number of ether oxygens (including phenoxy) is 2. The van der Waals surface area contributed by atoms with Gasteiger partial charge in [0.15, 0.2) is 11.5 Å². The Balaban J connectivity index is 1.14. The van der Waals surface area contributed by atoms with Crippen molar-refractivity contribution in [3.63, 3.8) is 0 Å². The maximum atomic E-state index is 5.98. The molecule has 194 valence electrons. The second-order valence-electron chi connectivity index (χ2n) is 11.4. The van der Waals surface area contributed by atoms with Crippen molar-refractivity contribution in [1.29, 1.82) is 0 Å². The third-order valence-corrected chi connectivity index (χ3v) is 8.92. The van der Waals surface area contributed by atoms with Gasteiger partial charge in [0.25, 0.3) is 0 Å². The Kier molecular flexibility index (Phi) is 7.78. The van der Waals surface area contributed by atoms with Crippen molar-refractivity contribution in [2.45, 2.75) is 76.3 Å². The van der Waals surface area contributed by atoms with Gasteiger partial charge in [0, 0.05) is 12.6 Å². The van der Waals surface area contributed by atoms with Gasteiger partial charge in [0.2, 0.25) is 0 Å². The van der Waals surface area contributed by atoms with Crippen LogP contribution in [0.3, 0.4) is 0 Å². The van der Waals surface area contributed by atoms with Crippen molar-refractivity contribution >= 4 is 0 Å². The summed E-state index contributed by atoms with van der Waals surface area (Å²) in [5, 5.41) is 0. The van der Waals surface area contributed by atoms with Gasteiger partial charge in [-0.1, -0.05) is 67.1 Å². The van der Waals surface area contributed by atoms with E-state index in [1.165, 1.54) is 75.5 Å². The van der Waals surface area contributed by atoms with E-state index in [0.29, 0.717) is 25.2 Å². The SMILES string of the molecule is c1ccc(CN2CCCCC2CCC(CCC2Cc3ccccc3C2)c2ccc3c(c2)OCCO3)cc1. The van der Waals surface area contributed by atoms with Gasteiger partial charge in [-0.25, -0.2) is 0 Å². The monoisotopic (exact) mass is 495 g/mol. The van der Waals surface area contributed by atoms with Crippen LogP contribution in [0.4, 0.5) is 0 Å². The van der Waals surface area contributed by atoms with Gasteiger partial charge in [0.1, 0.15) is 13.2 Å². The lowest BCUT2D eigenvalue weighted by atomic mass is 9.84. The molecule has 0 aromatic heterocycles. The summed E-state index contributed by atoms with van der Waals surface area (Å²) >= 11 is 0. The third kappa shape index (κ3) is 6.04. The highest BCUT2D eigenvalue weighted by atomic mass is 16.6. The topological polar surface area (TPSA) is 21.7 Å². The van der Waals surface area contributed by atoms with Crippen molar-refractivity contribution in [3.8, 4) is 11.5 Å². The molecule has 1 aliphatic carbocycles.